The molecule has 4 saturated heterocycles. The molecule has 0 amide bonds. The maximum absolute atomic E-state index is 13.9. The van der Waals surface area contributed by atoms with Crippen LogP contribution < -0.4 is 0 Å². The Balaban J connectivity index is 1.35. The number of ether oxygens (including phenoxy) is 6. The standard InChI is InChI=1S/C30H34O12/c1-13-22(33)40-20-19(32)28-17-11-16(26(2,3)4)27(28)21(38-12-15-8-6-14(7-9-15)10-18(31)37-5)23(34)41-25(27)42-30(28,24(35)39-17)29(13,20)36/h6-9,13,16-17,19-21,25,32,36H,10-12H2,1-5H3/t13-,16+,17?,19+,20?,21+,25?,27?,28?,29-,30?/m1/s1. The van der Waals surface area contributed by atoms with Crippen LogP contribution in [0, 0.1) is 28.1 Å². The zero-order valence-electron chi connectivity index (χ0n) is 23.9. The largest absolute Gasteiger partial charge is 0.469 e. The summed E-state index contributed by atoms with van der Waals surface area (Å²) in [4.78, 5) is 51.9. The highest BCUT2D eigenvalue weighted by Crippen LogP contribution is 2.84. The summed E-state index contributed by atoms with van der Waals surface area (Å²) in [5, 5.41) is 24.4. The lowest BCUT2D eigenvalue weighted by atomic mass is 9.51. The molecule has 2 spiro atoms. The molecule has 2 aliphatic carbocycles. The second-order valence-electron chi connectivity index (χ2n) is 13.5. The van der Waals surface area contributed by atoms with E-state index in [1.165, 1.54) is 14.0 Å². The fourth-order valence-electron chi connectivity index (χ4n) is 9.47. The Labute approximate surface area is 241 Å². The average Bonchev–Trinajstić information content (AvgIpc) is 3.65. The van der Waals surface area contributed by atoms with E-state index in [1.807, 2.05) is 20.8 Å². The smallest absolute Gasteiger partial charge is 0.343 e. The van der Waals surface area contributed by atoms with E-state index in [2.05, 4.69) is 0 Å². The quantitative estimate of drug-likeness (QED) is 0.365. The lowest BCUT2D eigenvalue weighted by Crippen LogP contribution is -2.67. The van der Waals surface area contributed by atoms with E-state index < -0.39 is 87.9 Å². The molecule has 1 aromatic rings. The molecule has 226 valence electrons. The molecular formula is C30H34O12. The summed E-state index contributed by atoms with van der Waals surface area (Å²) in [5.74, 6) is -4.47. The molecule has 6 fully saturated rings. The van der Waals surface area contributed by atoms with E-state index in [9.17, 15) is 29.4 Å². The number of carbonyl (C=O) groups is 4. The third-order valence-electron chi connectivity index (χ3n) is 11.0. The van der Waals surface area contributed by atoms with Crippen molar-refractivity contribution in [3.8, 4) is 0 Å². The van der Waals surface area contributed by atoms with Crippen LogP contribution in [0.2, 0.25) is 0 Å². The highest BCUT2D eigenvalue weighted by atomic mass is 16.8. The zero-order chi connectivity index (χ0) is 30.2. The molecule has 6 aliphatic rings. The molecule has 4 aliphatic heterocycles. The molecule has 0 bridgehead atoms. The molecule has 2 N–H and O–H groups in total. The Morgan fingerprint density at radius 3 is 2.36 bits per heavy atom. The first-order valence-electron chi connectivity index (χ1n) is 14.2. The van der Waals surface area contributed by atoms with E-state index >= 15 is 0 Å². The van der Waals surface area contributed by atoms with Gasteiger partial charge in [-0.1, -0.05) is 45.0 Å². The minimum absolute atomic E-state index is 0.0403. The van der Waals surface area contributed by atoms with Crippen molar-refractivity contribution in [1.29, 1.82) is 0 Å². The van der Waals surface area contributed by atoms with Gasteiger partial charge in [0.2, 0.25) is 11.9 Å². The lowest BCUT2D eigenvalue weighted by Gasteiger charge is -2.48. The number of benzene rings is 1. The van der Waals surface area contributed by atoms with E-state index in [-0.39, 0.29) is 25.4 Å². The molecule has 4 heterocycles. The van der Waals surface area contributed by atoms with Gasteiger partial charge in [0.15, 0.2) is 17.8 Å². The van der Waals surface area contributed by atoms with Crippen molar-refractivity contribution in [3.63, 3.8) is 0 Å². The zero-order valence-corrected chi connectivity index (χ0v) is 23.9. The summed E-state index contributed by atoms with van der Waals surface area (Å²) < 4.78 is 34.8. The van der Waals surface area contributed by atoms with Crippen LogP contribution >= 0.6 is 0 Å². The van der Waals surface area contributed by atoms with Gasteiger partial charge in [-0.05, 0) is 35.8 Å². The van der Waals surface area contributed by atoms with Crippen LogP contribution in [-0.2, 0) is 60.6 Å². The Kier molecular flexibility index (Phi) is 5.49. The molecule has 11 atom stereocenters. The minimum atomic E-state index is -2.27. The number of aliphatic hydroxyl groups excluding tert-OH is 1. The number of methoxy groups -OCH3 is 1. The van der Waals surface area contributed by atoms with Crippen molar-refractivity contribution in [3.05, 3.63) is 35.4 Å². The van der Waals surface area contributed by atoms with Gasteiger partial charge in [-0.2, -0.15) is 0 Å². The van der Waals surface area contributed by atoms with Gasteiger partial charge in [-0.15, -0.1) is 0 Å². The predicted molar refractivity (Wildman–Crippen MR) is 137 cm³/mol. The Hall–Kier alpha value is -3.06. The van der Waals surface area contributed by atoms with Gasteiger partial charge < -0.3 is 38.6 Å². The van der Waals surface area contributed by atoms with Crippen LogP contribution in [0.25, 0.3) is 0 Å². The van der Waals surface area contributed by atoms with Gasteiger partial charge in [0.05, 0.1) is 36.9 Å². The first-order valence-corrected chi connectivity index (χ1v) is 14.2. The molecule has 6 unspecified atom stereocenters. The Morgan fingerprint density at radius 1 is 1.05 bits per heavy atom. The van der Waals surface area contributed by atoms with Crippen LogP contribution in [0.15, 0.2) is 24.3 Å². The van der Waals surface area contributed by atoms with E-state index in [0.29, 0.717) is 5.56 Å². The molecule has 12 nitrogen and oxygen atoms in total. The summed E-state index contributed by atoms with van der Waals surface area (Å²) in [6, 6.07) is 7.04. The fourth-order valence-corrected chi connectivity index (χ4v) is 9.47. The van der Waals surface area contributed by atoms with Gasteiger partial charge in [0.1, 0.15) is 12.2 Å². The molecule has 12 heteroatoms. The van der Waals surface area contributed by atoms with Crippen LogP contribution in [-0.4, -0.2) is 83.1 Å². The van der Waals surface area contributed by atoms with Crippen molar-refractivity contribution < 1.29 is 57.8 Å². The summed E-state index contributed by atoms with van der Waals surface area (Å²) in [6.45, 7) is 7.31. The summed E-state index contributed by atoms with van der Waals surface area (Å²) in [7, 11) is 1.32. The third-order valence-corrected chi connectivity index (χ3v) is 11.0. The fraction of sp³-hybridized carbons (Fsp3) is 0.667. The van der Waals surface area contributed by atoms with Crippen molar-refractivity contribution >= 4 is 23.9 Å². The van der Waals surface area contributed by atoms with Gasteiger partial charge in [-0.3, -0.25) is 9.59 Å². The monoisotopic (exact) mass is 586 g/mol. The van der Waals surface area contributed by atoms with Crippen LogP contribution in [0.1, 0.15) is 45.2 Å². The van der Waals surface area contributed by atoms with Crippen molar-refractivity contribution in [2.24, 2.45) is 28.1 Å². The maximum atomic E-state index is 13.9. The molecule has 2 saturated carbocycles. The third kappa shape index (κ3) is 2.74. The number of carbonyl (C=O) groups excluding carboxylic acids is 4. The summed E-state index contributed by atoms with van der Waals surface area (Å²) in [5.41, 5.74) is -6.79. The number of aliphatic hydroxyl groups is 2. The number of esters is 4. The van der Waals surface area contributed by atoms with Gasteiger partial charge in [0, 0.05) is 0 Å². The normalized spacial score (nSPS) is 46.1. The van der Waals surface area contributed by atoms with Gasteiger partial charge >= 0.3 is 23.9 Å². The molecule has 42 heavy (non-hydrogen) atoms. The Morgan fingerprint density at radius 2 is 1.71 bits per heavy atom. The topological polar surface area (TPSA) is 164 Å². The number of rotatable bonds is 5. The molecule has 1 aromatic carbocycles. The van der Waals surface area contributed by atoms with E-state index in [4.69, 9.17) is 28.4 Å². The first-order chi connectivity index (χ1) is 19.7. The van der Waals surface area contributed by atoms with Crippen molar-refractivity contribution in [2.45, 2.75) is 89.1 Å². The minimum Gasteiger partial charge on any atom is -0.469 e. The maximum Gasteiger partial charge on any atom is 0.343 e. The molecule has 0 radical (unpaired) electrons. The Bertz CT molecular complexity index is 1400. The molecule has 0 aromatic heterocycles. The van der Waals surface area contributed by atoms with Gasteiger partial charge in [0.25, 0.3) is 0 Å². The first kappa shape index (κ1) is 27.8. The highest BCUT2D eigenvalue weighted by molar-refractivity contribution is 5.94. The van der Waals surface area contributed by atoms with Crippen molar-refractivity contribution in [1.82, 2.24) is 0 Å². The van der Waals surface area contributed by atoms with Crippen LogP contribution in [0.3, 0.4) is 0 Å². The van der Waals surface area contributed by atoms with E-state index in [0.717, 1.165) is 5.56 Å². The second kappa shape index (κ2) is 8.31. The second-order valence-corrected chi connectivity index (χ2v) is 13.5. The van der Waals surface area contributed by atoms with Crippen LogP contribution in [0.4, 0.5) is 0 Å². The number of fused-ring (bicyclic) bond motifs is 1. The SMILES string of the molecule is COC(=O)Cc1ccc(CO[C@H]2C(=O)OC3OC45C(=O)OC6C[C@@H](C(C)(C)C)C32C64[C@@H](O)C2OC(=O)[C@@H](C)[C@@]25O)cc1. The molecule has 7 rings (SSSR count). The lowest BCUT2D eigenvalue weighted by molar-refractivity contribution is -0.240. The van der Waals surface area contributed by atoms with Gasteiger partial charge in [-0.25, -0.2) is 9.59 Å². The van der Waals surface area contributed by atoms with E-state index in [1.54, 1.807) is 24.3 Å². The number of hydrogen-bond donors (Lipinski definition) is 2. The van der Waals surface area contributed by atoms with Crippen molar-refractivity contribution in [2.75, 3.05) is 7.11 Å². The molecular weight excluding hydrogens is 552 g/mol. The highest BCUT2D eigenvalue weighted by Gasteiger charge is 3.04. The summed E-state index contributed by atoms with van der Waals surface area (Å²) in [6.07, 6.45) is -6.39. The average molecular weight is 587 g/mol. The predicted octanol–water partition coefficient (Wildman–Crippen LogP) is 0.571. The summed E-state index contributed by atoms with van der Waals surface area (Å²) >= 11 is 0. The number of hydrogen-bond acceptors (Lipinski definition) is 12. The van der Waals surface area contributed by atoms with Crippen LogP contribution in [0.5, 0.6) is 0 Å².